The quantitative estimate of drug-likeness (QED) is 0.905. The first-order chi connectivity index (χ1) is 11.5. The van der Waals surface area contributed by atoms with Crippen molar-refractivity contribution >= 4 is 23.2 Å². The van der Waals surface area contributed by atoms with Crippen LogP contribution in [0.4, 0.5) is 0 Å². The average molecular weight is 344 g/mol. The van der Waals surface area contributed by atoms with Gasteiger partial charge in [0.1, 0.15) is 5.01 Å². The molecule has 5 nitrogen and oxygen atoms in total. The number of aliphatic carboxylic acids is 1. The molecule has 0 spiro atoms. The van der Waals surface area contributed by atoms with Gasteiger partial charge in [-0.2, -0.15) is 0 Å². The van der Waals surface area contributed by atoms with E-state index in [9.17, 15) is 9.59 Å². The summed E-state index contributed by atoms with van der Waals surface area (Å²) in [5.74, 6) is -0.880. The van der Waals surface area contributed by atoms with Crippen LogP contribution < -0.4 is 0 Å². The highest BCUT2D eigenvalue weighted by Gasteiger charge is 2.30. The highest BCUT2D eigenvalue weighted by molar-refractivity contribution is 7.13. The number of hydrogen-bond acceptors (Lipinski definition) is 4. The molecule has 3 rings (SSSR count). The third kappa shape index (κ3) is 3.82. The van der Waals surface area contributed by atoms with Crippen molar-refractivity contribution in [1.82, 2.24) is 9.88 Å². The summed E-state index contributed by atoms with van der Waals surface area (Å²) in [5, 5.41) is 11.8. The zero-order valence-electron chi connectivity index (χ0n) is 13.6. The molecule has 1 atom stereocenters. The Hall–Kier alpha value is -2.21. The maximum Gasteiger partial charge on any atom is 0.305 e. The fourth-order valence-electron chi connectivity index (χ4n) is 3.05. The summed E-state index contributed by atoms with van der Waals surface area (Å²) in [6.07, 6.45) is 1.90. The largest absolute Gasteiger partial charge is 0.481 e. The van der Waals surface area contributed by atoms with Crippen molar-refractivity contribution in [2.75, 3.05) is 6.54 Å². The smallest absolute Gasteiger partial charge is 0.305 e. The van der Waals surface area contributed by atoms with Crippen LogP contribution in [0.2, 0.25) is 0 Å². The molecule has 6 heteroatoms. The van der Waals surface area contributed by atoms with Gasteiger partial charge < -0.3 is 10.0 Å². The van der Waals surface area contributed by atoms with Gasteiger partial charge in [0.15, 0.2) is 0 Å². The second kappa shape index (κ2) is 7.13. The summed E-state index contributed by atoms with van der Waals surface area (Å²) in [5.41, 5.74) is 3.00. The minimum absolute atomic E-state index is 0.0252. The molecular weight excluding hydrogens is 324 g/mol. The number of aromatic nitrogens is 1. The standard InChI is InChI=1S/C18H20N2O3S/c1-12-4-6-13(7-5-12)18-19-14(11-24-18)9-16(21)20-8-2-3-15(20)10-17(22)23/h4-7,11,15H,2-3,8-10H2,1H3,(H,22,23). The number of aryl methyl sites for hydroxylation is 1. The molecule has 1 aromatic carbocycles. The van der Waals surface area contributed by atoms with Crippen molar-refractivity contribution in [1.29, 1.82) is 0 Å². The fourth-order valence-corrected chi connectivity index (χ4v) is 3.88. The van der Waals surface area contributed by atoms with Gasteiger partial charge in [0.25, 0.3) is 0 Å². The van der Waals surface area contributed by atoms with Gasteiger partial charge in [-0.3, -0.25) is 9.59 Å². The summed E-state index contributed by atoms with van der Waals surface area (Å²) in [7, 11) is 0. The zero-order chi connectivity index (χ0) is 17.1. The van der Waals surface area contributed by atoms with E-state index in [-0.39, 0.29) is 24.8 Å². The summed E-state index contributed by atoms with van der Waals surface area (Å²) in [6.45, 7) is 2.69. The van der Waals surface area contributed by atoms with E-state index >= 15 is 0 Å². The van der Waals surface area contributed by atoms with Gasteiger partial charge in [-0.05, 0) is 19.8 Å². The van der Waals surface area contributed by atoms with Crippen LogP contribution in [0.25, 0.3) is 10.6 Å². The lowest BCUT2D eigenvalue weighted by atomic mass is 10.1. The van der Waals surface area contributed by atoms with E-state index in [4.69, 9.17) is 5.11 Å². The van der Waals surface area contributed by atoms with Gasteiger partial charge in [-0.25, -0.2) is 4.98 Å². The van der Waals surface area contributed by atoms with E-state index in [0.717, 1.165) is 29.1 Å². The van der Waals surface area contributed by atoms with E-state index < -0.39 is 5.97 Å². The molecular formula is C18H20N2O3S. The minimum atomic E-state index is -0.852. The van der Waals surface area contributed by atoms with E-state index in [1.807, 2.05) is 36.6 Å². The first kappa shape index (κ1) is 16.6. The fraction of sp³-hybridized carbons (Fsp3) is 0.389. The summed E-state index contributed by atoms with van der Waals surface area (Å²) >= 11 is 1.53. The second-order valence-corrected chi connectivity index (χ2v) is 7.03. The SMILES string of the molecule is Cc1ccc(-c2nc(CC(=O)N3CCCC3CC(=O)O)cs2)cc1. The molecule has 1 amide bonds. The maximum absolute atomic E-state index is 12.5. The van der Waals surface area contributed by atoms with E-state index in [1.165, 1.54) is 16.9 Å². The first-order valence-electron chi connectivity index (χ1n) is 8.05. The Morgan fingerprint density at radius 2 is 2.08 bits per heavy atom. The molecule has 1 aromatic heterocycles. The summed E-state index contributed by atoms with van der Waals surface area (Å²) in [6, 6.07) is 7.97. The van der Waals surface area contributed by atoms with Gasteiger partial charge in [0.2, 0.25) is 5.91 Å². The number of amides is 1. The Kier molecular flexibility index (Phi) is 4.94. The minimum Gasteiger partial charge on any atom is -0.481 e. The van der Waals surface area contributed by atoms with Gasteiger partial charge in [-0.15, -0.1) is 11.3 Å². The van der Waals surface area contributed by atoms with Crippen molar-refractivity contribution in [2.24, 2.45) is 0 Å². The van der Waals surface area contributed by atoms with Gasteiger partial charge in [0.05, 0.1) is 18.5 Å². The Labute approximate surface area is 145 Å². The number of carboxylic acids is 1. The van der Waals surface area contributed by atoms with Gasteiger partial charge in [-0.1, -0.05) is 29.8 Å². The number of thiazole rings is 1. The number of carboxylic acid groups (broad SMARTS) is 1. The second-order valence-electron chi connectivity index (χ2n) is 6.17. The van der Waals surface area contributed by atoms with Gasteiger partial charge in [0, 0.05) is 23.5 Å². The molecule has 1 N–H and O–H groups in total. The molecule has 1 saturated heterocycles. The van der Waals surface area contributed by atoms with Crippen LogP contribution in [0.5, 0.6) is 0 Å². The first-order valence-corrected chi connectivity index (χ1v) is 8.93. The molecule has 126 valence electrons. The molecule has 1 aliphatic rings. The number of nitrogens with zero attached hydrogens (tertiary/aromatic N) is 2. The monoisotopic (exact) mass is 344 g/mol. The van der Waals surface area contributed by atoms with Crippen LogP contribution in [-0.2, 0) is 16.0 Å². The molecule has 1 fully saturated rings. The van der Waals surface area contributed by atoms with Crippen molar-refractivity contribution in [3.63, 3.8) is 0 Å². The van der Waals surface area contributed by atoms with Crippen LogP contribution in [0.15, 0.2) is 29.6 Å². The Balaban J connectivity index is 1.67. The third-order valence-electron chi connectivity index (χ3n) is 4.29. The molecule has 2 heterocycles. The molecule has 0 aliphatic carbocycles. The Bertz CT molecular complexity index is 739. The normalized spacial score (nSPS) is 17.2. The number of benzene rings is 1. The number of carbonyl (C=O) groups is 2. The third-order valence-corrected chi connectivity index (χ3v) is 5.23. The predicted octanol–water partition coefficient (Wildman–Crippen LogP) is 3.13. The molecule has 1 unspecified atom stereocenters. The number of carbonyl (C=O) groups excluding carboxylic acids is 1. The maximum atomic E-state index is 12.5. The van der Waals surface area contributed by atoms with E-state index in [1.54, 1.807) is 4.90 Å². The lowest BCUT2D eigenvalue weighted by molar-refractivity contribution is -0.139. The number of likely N-dealkylation sites (tertiary alicyclic amines) is 1. The lowest BCUT2D eigenvalue weighted by Crippen LogP contribution is -2.37. The van der Waals surface area contributed by atoms with Crippen molar-refractivity contribution < 1.29 is 14.7 Å². The van der Waals surface area contributed by atoms with Crippen molar-refractivity contribution in [3.8, 4) is 10.6 Å². The van der Waals surface area contributed by atoms with Crippen LogP contribution in [-0.4, -0.2) is 39.5 Å². The molecule has 0 bridgehead atoms. The Morgan fingerprint density at radius 1 is 1.33 bits per heavy atom. The molecule has 0 saturated carbocycles. The number of hydrogen-bond donors (Lipinski definition) is 1. The highest BCUT2D eigenvalue weighted by Crippen LogP contribution is 2.26. The molecule has 1 aliphatic heterocycles. The van der Waals surface area contributed by atoms with Crippen LogP contribution in [0.1, 0.15) is 30.5 Å². The summed E-state index contributed by atoms with van der Waals surface area (Å²) in [4.78, 5) is 29.7. The summed E-state index contributed by atoms with van der Waals surface area (Å²) < 4.78 is 0. The van der Waals surface area contributed by atoms with Crippen LogP contribution >= 0.6 is 11.3 Å². The number of rotatable bonds is 5. The van der Waals surface area contributed by atoms with Crippen molar-refractivity contribution in [3.05, 3.63) is 40.9 Å². The van der Waals surface area contributed by atoms with E-state index in [2.05, 4.69) is 4.98 Å². The lowest BCUT2D eigenvalue weighted by Gasteiger charge is -2.23. The zero-order valence-corrected chi connectivity index (χ0v) is 14.4. The molecule has 0 radical (unpaired) electrons. The van der Waals surface area contributed by atoms with Crippen LogP contribution in [0, 0.1) is 6.92 Å². The molecule has 24 heavy (non-hydrogen) atoms. The Morgan fingerprint density at radius 3 is 2.79 bits per heavy atom. The average Bonchev–Trinajstić information content (AvgIpc) is 3.17. The predicted molar refractivity (Wildman–Crippen MR) is 93.0 cm³/mol. The van der Waals surface area contributed by atoms with Crippen LogP contribution in [0.3, 0.4) is 0 Å². The van der Waals surface area contributed by atoms with Gasteiger partial charge >= 0.3 is 5.97 Å². The van der Waals surface area contributed by atoms with Crippen molar-refractivity contribution in [2.45, 2.75) is 38.6 Å². The highest BCUT2D eigenvalue weighted by atomic mass is 32.1. The topological polar surface area (TPSA) is 70.5 Å². The molecule has 2 aromatic rings. The van der Waals surface area contributed by atoms with E-state index in [0.29, 0.717) is 6.54 Å².